The number of aliphatic hydroxyl groups excluding tert-OH is 2. The van der Waals surface area contributed by atoms with Gasteiger partial charge in [-0.1, -0.05) is 0 Å². The van der Waals surface area contributed by atoms with Crippen molar-refractivity contribution in [1.82, 2.24) is 4.90 Å². The monoisotopic (exact) mass is 283 g/mol. The van der Waals surface area contributed by atoms with E-state index >= 15 is 0 Å². The fraction of sp³-hybridized carbons (Fsp3) is 0.500. The van der Waals surface area contributed by atoms with Crippen molar-refractivity contribution < 1.29 is 24.1 Å². The smallest absolute Gasteiger partial charge is 0.222 e. The second-order valence-electron chi connectivity index (χ2n) is 4.84. The first-order chi connectivity index (χ1) is 9.56. The molecule has 2 unspecified atom stereocenters. The van der Waals surface area contributed by atoms with Crippen LogP contribution in [0.25, 0.3) is 0 Å². The number of nitrogens with zero attached hydrogens (tertiary/aromatic N) is 1. The number of rotatable bonds is 5. The van der Waals surface area contributed by atoms with Gasteiger partial charge in [-0.2, -0.15) is 0 Å². The molecule has 110 valence electrons. The van der Waals surface area contributed by atoms with Gasteiger partial charge in [0.25, 0.3) is 0 Å². The lowest BCUT2D eigenvalue weighted by atomic mass is 10.3. The van der Waals surface area contributed by atoms with Crippen LogP contribution in [0.1, 0.15) is 12.8 Å². The zero-order chi connectivity index (χ0) is 14.5. The van der Waals surface area contributed by atoms with Crippen LogP contribution in [0.5, 0.6) is 5.75 Å². The van der Waals surface area contributed by atoms with Crippen LogP contribution in [-0.2, 0) is 4.79 Å². The molecule has 0 aliphatic carbocycles. The minimum Gasteiger partial charge on any atom is -0.494 e. The molecule has 1 heterocycles. The van der Waals surface area contributed by atoms with Crippen molar-refractivity contribution in [3.05, 3.63) is 30.1 Å². The number of amides is 1. The number of carbonyl (C=O) groups excluding carboxylic acids is 1. The summed E-state index contributed by atoms with van der Waals surface area (Å²) < 4.78 is 18.1. The van der Waals surface area contributed by atoms with Crippen LogP contribution < -0.4 is 4.74 Å². The first-order valence-electron chi connectivity index (χ1n) is 6.58. The zero-order valence-electron chi connectivity index (χ0n) is 11.0. The Morgan fingerprint density at radius 2 is 1.85 bits per heavy atom. The highest BCUT2D eigenvalue weighted by Gasteiger charge is 2.31. The van der Waals surface area contributed by atoms with Gasteiger partial charge < -0.3 is 19.8 Å². The van der Waals surface area contributed by atoms with Crippen molar-refractivity contribution >= 4 is 5.91 Å². The highest BCUT2D eigenvalue weighted by molar-refractivity contribution is 5.76. The third-order valence-corrected chi connectivity index (χ3v) is 3.23. The number of ether oxygens (including phenoxy) is 1. The Bertz CT molecular complexity index is 441. The maximum absolute atomic E-state index is 12.7. The van der Waals surface area contributed by atoms with Crippen molar-refractivity contribution in [2.45, 2.75) is 25.0 Å². The quantitative estimate of drug-likeness (QED) is 0.774. The van der Waals surface area contributed by atoms with E-state index < -0.39 is 12.2 Å². The van der Waals surface area contributed by atoms with Gasteiger partial charge in [-0.05, 0) is 30.7 Å². The van der Waals surface area contributed by atoms with Crippen LogP contribution in [-0.4, -0.2) is 52.9 Å². The van der Waals surface area contributed by atoms with Crippen LogP contribution >= 0.6 is 0 Å². The van der Waals surface area contributed by atoms with Crippen LogP contribution in [0.4, 0.5) is 4.39 Å². The van der Waals surface area contributed by atoms with E-state index in [1.807, 2.05) is 0 Å². The molecule has 1 saturated heterocycles. The summed E-state index contributed by atoms with van der Waals surface area (Å²) in [5.41, 5.74) is 0. The molecule has 1 aromatic carbocycles. The van der Waals surface area contributed by atoms with Gasteiger partial charge >= 0.3 is 0 Å². The van der Waals surface area contributed by atoms with Crippen LogP contribution in [0, 0.1) is 5.82 Å². The molecule has 5 nitrogen and oxygen atoms in total. The number of aliphatic hydroxyl groups is 2. The Labute approximate surface area is 116 Å². The van der Waals surface area contributed by atoms with Gasteiger partial charge in [0.15, 0.2) is 0 Å². The Morgan fingerprint density at radius 3 is 2.45 bits per heavy atom. The lowest BCUT2D eigenvalue weighted by Gasteiger charge is -2.15. The van der Waals surface area contributed by atoms with Gasteiger partial charge in [-0.15, -0.1) is 0 Å². The number of likely N-dealkylation sites (tertiary alicyclic amines) is 1. The molecule has 0 saturated carbocycles. The fourth-order valence-corrected chi connectivity index (χ4v) is 2.08. The van der Waals surface area contributed by atoms with Gasteiger partial charge in [0.05, 0.1) is 18.8 Å². The number of hydrogen-bond acceptors (Lipinski definition) is 4. The van der Waals surface area contributed by atoms with Crippen molar-refractivity contribution in [3.8, 4) is 5.75 Å². The summed E-state index contributed by atoms with van der Waals surface area (Å²) in [4.78, 5) is 13.2. The predicted molar refractivity (Wildman–Crippen MR) is 69.7 cm³/mol. The Morgan fingerprint density at radius 1 is 1.25 bits per heavy atom. The first kappa shape index (κ1) is 14.7. The van der Waals surface area contributed by atoms with E-state index in [9.17, 15) is 19.4 Å². The summed E-state index contributed by atoms with van der Waals surface area (Å²) in [6.07, 6.45) is -0.886. The van der Waals surface area contributed by atoms with Gasteiger partial charge in [0.1, 0.15) is 11.6 Å². The second-order valence-corrected chi connectivity index (χ2v) is 4.84. The van der Waals surface area contributed by atoms with E-state index in [1.165, 1.54) is 29.2 Å². The molecule has 1 aliphatic rings. The highest BCUT2D eigenvalue weighted by atomic mass is 19.1. The predicted octanol–water partition coefficient (Wildman–Crippen LogP) is 0.549. The van der Waals surface area contributed by atoms with Crippen molar-refractivity contribution in [3.63, 3.8) is 0 Å². The first-order valence-corrected chi connectivity index (χ1v) is 6.58. The normalized spacial score (nSPS) is 22.1. The maximum atomic E-state index is 12.7. The lowest BCUT2D eigenvalue weighted by Crippen LogP contribution is -2.29. The number of carbonyl (C=O) groups is 1. The van der Waals surface area contributed by atoms with E-state index in [4.69, 9.17) is 4.74 Å². The maximum Gasteiger partial charge on any atom is 0.222 e. The average molecular weight is 283 g/mol. The van der Waals surface area contributed by atoms with E-state index in [0.29, 0.717) is 25.2 Å². The fourth-order valence-electron chi connectivity index (χ4n) is 2.08. The SMILES string of the molecule is O=C(CCCOc1ccc(F)cc1)N1CC(O)C(O)C1. The summed E-state index contributed by atoms with van der Waals surface area (Å²) in [5, 5.41) is 18.7. The standard InChI is InChI=1S/C14H18FNO4/c15-10-3-5-11(6-4-10)20-7-1-2-14(19)16-8-12(17)13(18)9-16/h3-6,12-13,17-18H,1-2,7-9H2. The van der Waals surface area contributed by atoms with Crippen molar-refractivity contribution in [1.29, 1.82) is 0 Å². The van der Waals surface area contributed by atoms with Gasteiger partial charge in [0.2, 0.25) is 5.91 Å². The number of hydrogen-bond donors (Lipinski definition) is 2. The van der Waals surface area contributed by atoms with Crippen LogP contribution in [0.15, 0.2) is 24.3 Å². The van der Waals surface area contributed by atoms with Crippen molar-refractivity contribution in [2.75, 3.05) is 19.7 Å². The lowest BCUT2D eigenvalue weighted by molar-refractivity contribution is -0.130. The molecular formula is C14H18FNO4. The number of β-amino-alcohol motifs (C(OH)–C–C–N with tert-alkyl or cyclic N) is 2. The van der Waals surface area contributed by atoms with Crippen molar-refractivity contribution in [2.24, 2.45) is 0 Å². The van der Waals surface area contributed by atoms with Gasteiger partial charge in [-0.3, -0.25) is 4.79 Å². The summed E-state index contributed by atoms with van der Waals surface area (Å²) in [7, 11) is 0. The van der Waals surface area contributed by atoms with E-state index in [2.05, 4.69) is 0 Å². The molecule has 1 aliphatic heterocycles. The van der Waals surface area contributed by atoms with E-state index in [1.54, 1.807) is 0 Å². The molecule has 2 N–H and O–H groups in total. The minimum atomic E-state index is -0.852. The van der Waals surface area contributed by atoms with Crippen LogP contribution in [0.2, 0.25) is 0 Å². The molecule has 1 fully saturated rings. The van der Waals surface area contributed by atoms with E-state index in [0.717, 1.165) is 0 Å². The largest absolute Gasteiger partial charge is 0.494 e. The molecular weight excluding hydrogens is 265 g/mol. The Kier molecular flexibility index (Phi) is 4.92. The topological polar surface area (TPSA) is 70.0 Å². The number of benzene rings is 1. The molecule has 1 amide bonds. The second kappa shape index (κ2) is 6.67. The molecule has 20 heavy (non-hydrogen) atoms. The minimum absolute atomic E-state index is 0.108. The highest BCUT2D eigenvalue weighted by Crippen LogP contribution is 2.13. The summed E-state index contributed by atoms with van der Waals surface area (Å²) >= 11 is 0. The molecule has 2 rings (SSSR count). The molecule has 0 bridgehead atoms. The van der Waals surface area contributed by atoms with Crippen LogP contribution in [0.3, 0.4) is 0 Å². The molecule has 0 spiro atoms. The van der Waals surface area contributed by atoms with Gasteiger partial charge in [0, 0.05) is 19.5 Å². The average Bonchev–Trinajstić information content (AvgIpc) is 2.77. The Balaban J connectivity index is 1.66. The molecule has 1 aromatic rings. The molecule has 0 radical (unpaired) electrons. The Hall–Kier alpha value is -1.66. The molecule has 2 atom stereocenters. The summed E-state index contributed by atoms with van der Waals surface area (Å²) in [5.74, 6) is 0.132. The number of halogens is 1. The molecule has 0 aromatic heterocycles. The summed E-state index contributed by atoms with van der Waals surface area (Å²) in [6.45, 7) is 0.716. The summed E-state index contributed by atoms with van der Waals surface area (Å²) in [6, 6.07) is 5.69. The third kappa shape index (κ3) is 3.91. The molecule has 6 heteroatoms. The zero-order valence-corrected chi connectivity index (χ0v) is 11.0. The third-order valence-electron chi connectivity index (χ3n) is 3.23. The van der Waals surface area contributed by atoms with Gasteiger partial charge in [-0.25, -0.2) is 4.39 Å². The van der Waals surface area contributed by atoms with E-state index in [-0.39, 0.29) is 24.8 Å².